The van der Waals surface area contributed by atoms with E-state index in [-0.39, 0.29) is 11.7 Å². The van der Waals surface area contributed by atoms with Crippen LogP contribution in [0, 0.1) is 23.8 Å². The summed E-state index contributed by atoms with van der Waals surface area (Å²) in [7, 11) is 0. The third kappa shape index (κ3) is 3.93. The van der Waals surface area contributed by atoms with E-state index in [1.165, 1.54) is 0 Å². The number of ether oxygens (including phenoxy) is 1. The molecule has 0 aliphatic heterocycles. The number of fused-ring (bicyclic) bond motifs is 3. The van der Waals surface area contributed by atoms with E-state index in [0.29, 0.717) is 23.7 Å². The van der Waals surface area contributed by atoms with Crippen molar-refractivity contribution in [1.82, 2.24) is 0 Å². The molecule has 0 saturated carbocycles. The standard InChI is InChI=1S/C25H24N2O2/c1-4-6-10-17(5-2)16-29-25(28)21-14-9-13-20-23(21)18-11-7-8-12-19(18)24(20)22(15-26)27-3/h7-9,11-14,17H,4-6,10,16H2,1-2H3/b24-22+. The fourth-order valence-electron chi connectivity index (χ4n) is 3.85. The lowest BCUT2D eigenvalue weighted by molar-refractivity contribution is 0.0429. The molecule has 0 N–H and O–H groups in total. The van der Waals surface area contributed by atoms with Gasteiger partial charge in [-0.2, -0.15) is 0 Å². The van der Waals surface area contributed by atoms with Crippen LogP contribution in [0.25, 0.3) is 21.5 Å². The Morgan fingerprint density at radius 3 is 2.52 bits per heavy atom. The third-order valence-electron chi connectivity index (χ3n) is 5.47. The Kier molecular flexibility index (Phi) is 6.47. The van der Waals surface area contributed by atoms with Crippen LogP contribution in [0.2, 0.25) is 0 Å². The first kappa shape index (κ1) is 20.4. The Bertz CT molecular complexity index is 1020. The smallest absolute Gasteiger partial charge is 0.338 e. The summed E-state index contributed by atoms with van der Waals surface area (Å²) in [4.78, 5) is 16.4. The highest BCUT2D eigenvalue weighted by Gasteiger charge is 2.30. The van der Waals surface area contributed by atoms with E-state index in [2.05, 4.69) is 18.7 Å². The summed E-state index contributed by atoms with van der Waals surface area (Å²) in [5.41, 5.74) is 4.28. The molecule has 146 valence electrons. The molecule has 0 saturated heterocycles. The Balaban J connectivity index is 2.00. The van der Waals surface area contributed by atoms with Crippen LogP contribution >= 0.6 is 0 Å². The van der Waals surface area contributed by atoms with Gasteiger partial charge >= 0.3 is 5.97 Å². The number of unbranched alkanes of at least 4 members (excludes halogenated alkanes) is 1. The average Bonchev–Trinajstić information content (AvgIpc) is 3.09. The van der Waals surface area contributed by atoms with E-state index in [9.17, 15) is 10.1 Å². The summed E-state index contributed by atoms with van der Waals surface area (Å²) in [6.45, 7) is 12.1. The van der Waals surface area contributed by atoms with E-state index in [4.69, 9.17) is 11.3 Å². The average molecular weight is 384 g/mol. The predicted octanol–water partition coefficient (Wildman–Crippen LogP) is 6.24. The number of esters is 1. The largest absolute Gasteiger partial charge is 0.462 e. The van der Waals surface area contributed by atoms with Crippen molar-refractivity contribution < 1.29 is 9.53 Å². The number of nitriles is 1. The van der Waals surface area contributed by atoms with Gasteiger partial charge in [0.25, 0.3) is 5.70 Å². The summed E-state index contributed by atoms with van der Waals surface area (Å²) >= 11 is 0. The van der Waals surface area contributed by atoms with Gasteiger partial charge in [-0.15, -0.1) is 0 Å². The van der Waals surface area contributed by atoms with E-state index in [1.807, 2.05) is 36.4 Å². The van der Waals surface area contributed by atoms with Gasteiger partial charge in [0.05, 0.1) is 24.8 Å². The molecule has 1 atom stereocenters. The molecule has 3 rings (SSSR count). The molecule has 1 aliphatic carbocycles. The van der Waals surface area contributed by atoms with Crippen LogP contribution < -0.4 is 0 Å². The first-order chi connectivity index (χ1) is 14.2. The van der Waals surface area contributed by atoms with Crippen LogP contribution in [-0.4, -0.2) is 12.6 Å². The molecule has 0 fully saturated rings. The molecule has 2 aromatic carbocycles. The maximum Gasteiger partial charge on any atom is 0.338 e. The molecule has 0 heterocycles. The molecule has 0 spiro atoms. The van der Waals surface area contributed by atoms with E-state index in [1.54, 1.807) is 12.1 Å². The van der Waals surface area contributed by atoms with Gasteiger partial charge < -0.3 is 4.74 Å². The Labute approximate surface area is 172 Å². The highest BCUT2D eigenvalue weighted by molar-refractivity contribution is 6.10. The van der Waals surface area contributed by atoms with Crippen LogP contribution in [0.15, 0.2) is 48.2 Å². The number of hydrogen-bond acceptors (Lipinski definition) is 3. The van der Waals surface area contributed by atoms with Crippen molar-refractivity contribution in [3.63, 3.8) is 0 Å². The number of allylic oxidation sites excluding steroid dienone is 1. The molecule has 0 radical (unpaired) electrons. The van der Waals surface area contributed by atoms with E-state index >= 15 is 0 Å². The van der Waals surface area contributed by atoms with Gasteiger partial charge in [-0.1, -0.05) is 69.5 Å². The summed E-state index contributed by atoms with van der Waals surface area (Å²) in [6, 6.07) is 15.0. The molecular weight excluding hydrogens is 360 g/mol. The highest BCUT2D eigenvalue weighted by atomic mass is 16.5. The monoisotopic (exact) mass is 384 g/mol. The normalized spacial score (nSPS) is 14.2. The maximum atomic E-state index is 13.0. The fourth-order valence-corrected chi connectivity index (χ4v) is 3.85. The zero-order valence-electron chi connectivity index (χ0n) is 16.9. The zero-order chi connectivity index (χ0) is 20.8. The van der Waals surface area contributed by atoms with Crippen LogP contribution in [0.3, 0.4) is 0 Å². The van der Waals surface area contributed by atoms with Gasteiger partial charge in [0.1, 0.15) is 0 Å². The SMILES string of the molecule is [C-]#[N+]/C(C#N)=C1\c2ccccc2-c2c(C(=O)OCC(CC)CCCC)cccc21. The lowest BCUT2D eigenvalue weighted by atomic mass is 9.98. The molecule has 4 nitrogen and oxygen atoms in total. The Morgan fingerprint density at radius 2 is 1.86 bits per heavy atom. The molecule has 0 aromatic heterocycles. The lowest BCUT2D eigenvalue weighted by Crippen LogP contribution is -2.14. The second kappa shape index (κ2) is 9.22. The zero-order valence-corrected chi connectivity index (χ0v) is 16.9. The molecule has 1 aliphatic rings. The van der Waals surface area contributed by atoms with Crippen LogP contribution in [0.4, 0.5) is 0 Å². The first-order valence-electron chi connectivity index (χ1n) is 10.1. The van der Waals surface area contributed by atoms with Crippen molar-refractivity contribution >= 4 is 11.5 Å². The van der Waals surface area contributed by atoms with Crippen LogP contribution in [-0.2, 0) is 4.74 Å². The van der Waals surface area contributed by atoms with Crippen molar-refractivity contribution in [3.8, 4) is 17.2 Å². The van der Waals surface area contributed by atoms with Gasteiger partial charge in [0.2, 0.25) is 0 Å². The number of benzene rings is 2. The minimum Gasteiger partial charge on any atom is -0.462 e. The van der Waals surface area contributed by atoms with Crippen molar-refractivity contribution in [2.45, 2.75) is 39.5 Å². The van der Waals surface area contributed by atoms with Gasteiger partial charge in [-0.05, 0) is 35.1 Å². The van der Waals surface area contributed by atoms with Crippen LogP contribution in [0.1, 0.15) is 61.0 Å². The summed E-state index contributed by atoms with van der Waals surface area (Å²) < 4.78 is 5.69. The molecule has 1 unspecified atom stereocenters. The van der Waals surface area contributed by atoms with Crippen molar-refractivity contribution in [1.29, 1.82) is 5.26 Å². The molecule has 0 amide bonds. The van der Waals surface area contributed by atoms with E-state index < -0.39 is 0 Å². The topological polar surface area (TPSA) is 54.5 Å². The molecular formula is C25H24N2O2. The minimum atomic E-state index is -0.353. The molecule has 2 aromatic rings. The van der Waals surface area contributed by atoms with Crippen molar-refractivity contribution in [3.05, 3.63) is 76.3 Å². The summed E-state index contributed by atoms with van der Waals surface area (Å²) in [5, 5.41) is 9.45. The van der Waals surface area contributed by atoms with Gasteiger partial charge in [-0.3, -0.25) is 0 Å². The molecule has 29 heavy (non-hydrogen) atoms. The molecule has 4 heteroatoms. The van der Waals surface area contributed by atoms with Crippen molar-refractivity contribution in [2.24, 2.45) is 5.92 Å². The third-order valence-corrected chi connectivity index (χ3v) is 5.47. The summed E-state index contributed by atoms with van der Waals surface area (Å²) in [5.74, 6) is 0.0138. The molecule has 0 bridgehead atoms. The second-order valence-corrected chi connectivity index (χ2v) is 7.24. The number of nitrogens with zero attached hydrogens (tertiary/aromatic N) is 2. The highest BCUT2D eigenvalue weighted by Crippen LogP contribution is 2.47. The second-order valence-electron chi connectivity index (χ2n) is 7.24. The number of carbonyl (C=O) groups excluding carboxylic acids is 1. The first-order valence-corrected chi connectivity index (χ1v) is 10.1. The minimum absolute atomic E-state index is 0.0346. The maximum absolute atomic E-state index is 13.0. The van der Waals surface area contributed by atoms with E-state index in [0.717, 1.165) is 47.9 Å². The fraction of sp³-hybridized carbons (Fsp3) is 0.320. The lowest BCUT2D eigenvalue weighted by Gasteiger charge is -2.16. The van der Waals surface area contributed by atoms with Gasteiger partial charge in [0.15, 0.2) is 0 Å². The number of carbonyl (C=O) groups is 1. The van der Waals surface area contributed by atoms with Crippen LogP contribution in [0.5, 0.6) is 0 Å². The van der Waals surface area contributed by atoms with Gasteiger partial charge in [0, 0.05) is 11.1 Å². The predicted molar refractivity (Wildman–Crippen MR) is 114 cm³/mol. The number of rotatable bonds is 7. The Morgan fingerprint density at radius 1 is 1.14 bits per heavy atom. The Hall–Kier alpha value is -3.37. The number of hydrogen-bond donors (Lipinski definition) is 0. The summed E-state index contributed by atoms with van der Waals surface area (Å²) in [6.07, 6.45) is 4.29. The van der Waals surface area contributed by atoms with Crippen molar-refractivity contribution in [2.75, 3.05) is 6.61 Å². The van der Waals surface area contributed by atoms with Gasteiger partial charge in [-0.25, -0.2) is 14.9 Å². The quantitative estimate of drug-likeness (QED) is 0.275.